The number of amides is 1. The Balaban J connectivity index is 2.87. The van der Waals surface area contributed by atoms with Crippen LogP contribution in [-0.2, 0) is 4.79 Å². The fourth-order valence-electron chi connectivity index (χ4n) is 1.64. The molecule has 0 unspecified atom stereocenters. The number of nitriles is 1. The molecule has 4 nitrogen and oxygen atoms in total. The van der Waals surface area contributed by atoms with E-state index in [1.54, 1.807) is 0 Å². The highest BCUT2D eigenvalue weighted by Crippen LogP contribution is 2.27. The van der Waals surface area contributed by atoms with Crippen molar-refractivity contribution in [1.82, 2.24) is 10.3 Å². The van der Waals surface area contributed by atoms with Gasteiger partial charge in [-0.3, -0.25) is 4.79 Å². The van der Waals surface area contributed by atoms with E-state index in [9.17, 15) is 10.1 Å². The first-order chi connectivity index (χ1) is 8.99. The molecule has 0 radical (unpaired) electrons. The maximum absolute atomic E-state index is 11.8. The number of thioether (sulfide) groups is 1. The first kappa shape index (κ1) is 15.5. The molecular formula is C14H19N3OS. The van der Waals surface area contributed by atoms with Crippen molar-refractivity contribution in [1.29, 1.82) is 5.26 Å². The van der Waals surface area contributed by atoms with Crippen molar-refractivity contribution in [2.24, 2.45) is 0 Å². The van der Waals surface area contributed by atoms with Crippen LogP contribution in [-0.4, -0.2) is 22.7 Å². The highest BCUT2D eigenvalue weighted by atomic mass is 32.2. The highest BCUT2D eigenvalue weighted by Gasteiger charge is 2.18. The molecule has 0 aliphatic heterocycles. The van der Waals surface area contributed by atoms with Crippen molar-refractivity contribution in [2.75, 3.05) is 6.54 Å². The third kappa shape index (κ3) is 4.25. The lowest BCUT2D eigenvalue weighted by molar-refractivity contribution is -0.120. The van der Waals surface area contributed by atoms with Gasteiger partial charge in [0.25, 0.3) is 0 Å². The Morgan fingerprint density at radius 3 is 2.84 bits per heavy atom. The van der Waals surface area contributed by atoms with Crippen LogP contribution < -0.4 is 5.32 Å². The van der Waals surface area contributed by atoms with Crippen LogP contribution in [0.5, 0.6) is 0 Å². The molecule has 1 amide bonds. The normalized spacial score (nSPS) is 11.7. The Hall–Kier alpha value is -1.54. The molecule has 0 spiro atoms. The lowest BCUT2D eigenvalue weighted by atomic mass is 10.1. The predicted octanol–water partition coefficient (Wildman–Crippen LogP) is 2.58. The summed E-state index contributed by atoms with van der Waals surface area (Å²) in [5.41, 5.74) is 2.32. The number of rotatable bonds is 5. The smallest absolute Gasteiger partial charge is 0.233 e. The number of carbonyl (C=O) groups is 1. The molecular weight excluding hydrogens is 258 g/mol. The molecule has 1 N–H and O–H groups in total. The third-order valence-electron chi connectivity index (χ3n) is 2.63. The van der Waals surface area contributed by atoms with E-state index >= 15 is 0 Å². The predicted molar refractivity (Wildman–Crippen MR) is 77.0 cm³/mol. The molecule has 1 heterocycles. The van der Waals surface area contributed by atoms with Gasteiger partial charge >= 0.3 is 0 Å². The summed E-state index contributed by atoms with van der Waals surface area (Å²) in [5.74, 6) is -0.0169. The Kier molecular flexibility index (Phi) is 5.84. The van der Waals surface area contributed by atoms with Crippen molar-refractivity contribution in [3.8, 4) is 6.07 Å². The van der Waals surface area contributed by atoms with E-state index in [2.05, 4.69) is 16.4 Å². The first-order valence-electron chi connectivity index (χ1n) is 6.32. The molecule has 0 saturated heterocycles. The number of hydrogen-bond donors (Lipinski definition) is 1. The standard InChI is InChI=1S/C14H19N3OS/c1-5-6-16-13(18)11(4)19-14-12(8-15)9(2)7-10(3)17-14/h7,11H,5-6H2,1-4H3,(H,16,18)/t11-/m0/s1. The second kappa shape index (κ2) is 7.15. The summed E-state index contributed by atoms with van der Waals surface area (Å²) in [6, 6.07) is 4.04. The van der Waals surface area contributed by atoms with Crippen molar-refractivity contribution < 1.29 is 4.79 Å². The van der Waals surface area contributed by atoms with Crippen LogP contribution in [0.25, 0.3) is 0 Å². The summed E-state index contributed by atoms with van der Waals surface area (Å²) in [7, 11) is 0. The molecule has 0 saturated carbocycles. The number of pyridine rings is 1. The van der Waals surface area contributed by atoms with Crippen LogP contribution in [0, 0.1) is 25.2 Å². The lowest BCUT2D eigenvalue weighted by Crippen LogP contribution is -2.31. The van der Waals surface area contributed by atoms with Crippen LogP contribution >= 0.6 is 11.8 Å². The van der Waals surface area contributed by atoms with Crippen LogP contribution in [0.15, 0.2) is 11.1 Å². The van der Waals surface area contributed by atoms with Gasteiger partial charge in [0.05, 0.1) is 10.8 Å². The minimum atomic E-state index is -0.257. The zero-order valence-electron chi connectivity index (χ0n) is 11.8. The van der Waals surface area contributed by atoms with Crippen LogP contribution in [0.1, 0.15) is 37.1 Å². The van der Waals surface area contributed by atoms with Gasteiger partial charge in [0.15, 0.2) is 0 Å². The lowest BCUT2D eigenvalue weighted by Gasteiger charge is -2.13. The summed E-state index contributed by atoms with van der Waals surface area (Å²) in [5, 5.41) is 12.4. The molecule has 1 aromatic rings. The van der Waals surface area contributed by atoms with E-state index in [0.717, 1.165) is 17.7 Å². The number of nitrogens with one attached hydrogen (secondary N) is 1. The van der Waals surface area contributed by atoms with Crippen molar-refractivity contribution in [3.63, 3.8) is 0 Å². The van der Waals surface area contributed by atoms with E-state index < -0.39 is 0 Å². The monoisotopic (exact) mass is 277 g/mol. The molecule has 1 aromatic heterocycles. The summed E-state index contributed by atoms with van der Waals surface area (Å²) < 4.78 is 0. The maximum Gasteiger partial charge on any atom is 0.233 e. The summed E-state index contributed by atoms with van der Waals surface area (Å²) >= 11 is 1.34. The second-order valence-corrected chi connectivity index (χ2v) is 5.75. The Labute approximate surface area is 118 Å². The van der Waals surface area contributed by atoms with E-state index in [4.69, 9.17) is 0 Å². The van der Waals surface area contributed by atoms with Gasteiger partial charge in [0.1, 0.15) is 11.1 Å². The second-order valence-electron chi connectivity index (χ2n) is 4.42. The van der Waals surface area contributed by atoms with Crippen molar-refractivity contribution in [3.05, 3.63) is 22.9 Å². The first-order valence-corrected chi connectivity index (χ1v) is 7.20. The Morgan fingerprint density at radius 1 is 1.58 bits per heavy atom. The van der Waals surface area contributed by atoms with Gasteiger partial charge < -0.3 is 5.32 Å². The van der Waals surface area contributed by atoms with Gasteiger partial charge in [-0.25, -0.2) is 4.98 Å². The van der Waals surface area contributed by atoms with Gasteiger partial charge in [-0.2, -0.15) is 5.26 Å². The average Bonchev–Trinajstić information content (AvgIpc) is 2.35. The largest absolute Gasteiger partial charge is 0.355 e. The van der Waals surface area contributed by atoms with Crippen LogP contribution in [0.3, 0.4) is 0 Å². The highest BCUT2D eigenvalue weighted by molar-refractivity contribution is 8.00. The summed E-state index contributed by atoms with van der Waals surface area (Å²) in [4.78, 5) is 16.2. The fourth-order valence-corrected chi connectivity index (χ4v) is 2.68. The van der Waals surface area contributed by atoms with Gasteiger partial charge in [0.2, 0.25) is 5.91 Å². The Morgan fingerprint density at radius 2 is 2.26 bits per heavy atom. The number of nitrogens with zero attached hydrogens (tertiary/aromatic N) is 2. The molecule has 0 fully saturated rings. The molecule has 5 heteroatoms. The van der Waals surface area contributed by atoms with E-state index in [-0.39, 0.29) is 11.2 Å². The SMILES string of the molecule is CCCNC(=O)[C@H](C)Sc1nc(C)cc(C)c1C#N. The minimum Gasteiger partial charge on any atom is -0.355 e. The number of hydrogen-bond acceptors (Lipinski definition) is 4. The average molecular weight is 277 g/mol. The maximum atomic E-state index is 11.8. The van der Waals surface area contributed by atoms with E-state index in [0.29, 0.717) is 17.1 Å². The molecule has 0 bridgehead atoms. The molecule has 0 aromatic carbocycles. The molecule has 1 atom stereocenters. The van der Waals surface area contributed by atoms with E-state index in [1.807, 2.05) is 33.8 Å². The Bertz CT molecular complexity index is 508. The van der Waals surface area contributed by atoms with Crippen molar-refractivity contribution >= 4 is 17.7 Å². The fraction of sp³-hybridized carbons (Fsp3) is 0.500. The van der Waals surface area contributed by atoms with Gasteiger partial charge in [0, 0.05) is 12.2 Å². The van der Waals surface area contributed by atoms with Crippen LogP contribution in [0.4, 0.5) is 0 Å². The zero-order chi connectivity index (χ0) is 14.4. The topological polar surface area (TPSA) is 65.8 Å². The number of aryl methyl sites for hydroxylation is 2. The van der Waals surface area contributed by atoms with Gasteiger partial charge in [-0.05, 0) is 38.8 Å². The van der Waals surface area contributed by atoms with Crippen molar-refractivity contribution in [2.45, 2.75) is 44.4 Å². The number of carbonyl (C=O) groups excluding carboxylic acids is 1. The molecule has 102 valence electrons. The summed E-state index contributed by atoms with van der Waals surface area (Å²) in [6.07, 6.45) is 0.911. The molecule has 19 heavy (non-hydrogen) atoms. The zero-order valence-corrected chi connectivity index (χ0v) is 12.6. The molecule has 1 rings (SSSR count). The van der Waals surface area contributed by atoms with Gasteiger partial charge in [-0.1, -0.05) is 18.7 Å². The minimum absolute atomic E-state index is 0.0169. The number of aromatic nitrogens is 1. The molecule has 0 aliphatic carbocycles. The van der Waals surface area contributed by atoms with Gasteiger partial charge in [-0.15, -0.1) is 0 Å². The summed E-state index contributed by atoms with van der Waals surface area (Å²) in [6.45, 7) is 8.29. The molecule has 0 aliphatic rings. The van der Waals surface area contributed by atoms with E-state index in [1.165, 1.54) is 11.8 Å². The quantitative estimate of drug-likeness (QED) is 0.840. The van der Waals surface area contributed by atoms with Crippen LogP contribution in [0.2, 0.25) is 0 Å². The third-order valence-corrected chi connectivity index (χ3v) is 3.72.